The minimum atomic E-state index is -0.499. The van der Waals surface area contributed by atoms with E-state index in [1.165, 1.54) is 19.2 Å². The minimum absolute atomic E-state index is 0.297. The summed E-state index contributed by atoms with van der Waals surface area (Å²) >= 11 is 0. The maximum absolute atomic E-state index is 11.3. The molecule has 132 valence electrons. The van der Waals surface area contributed by atoms with Crippen LogP contribution in [0.3, 0.4) is 0 Å². The first-order valence-corrected chi connectivity index (χ1v) is 8.86. The molecule has 0 radical (unpaired) electrons. The maximum atomic E-state index is 11.3. The van der Waals surface area contributed by atoms with Gasteiger partial charge in [-0.15, -0.1) is 0 Å². The van der Waals surface area contributed by atoms with E-state index < -0.39 is 5.91 Å². The number of nitrogens with zero attached hydrogens (tertiary/aromatic N) is 4. The predicted molar refractivity (Wildman–Crippen MR) is 95.8 cm³/mol. The Balaban J connectivity index is 1.56. The monoisotopic (exact) mass is 339 g/mol. The molecule has 25 heavy (non-hydrogen) atoms. The van der Waals surface area contributed by atoms with E-state index in [1.807, 2.05) is 13.0 Å². The fraction of sp³-hybridized carbons (Fsp3) is 0.474. The van der Waals surface area contributed by atoms with Gasteiger partial charge in [-0.3, -0.25) is 14.7 Å². The molecular weight excluding hydrogens is 314 g/mol. The van der Waals surface area contributed by atoms with E-state index in [4.69, 9.17) is 5.73 Å². The topological polar surface area (TPSA) is 85.0 Å². The van der Waals surface area contributed by atoms with E-state index >= 15 is 0 Å². The van der Waals surface area contributed by atoms with Crippen molar-refractivity contribution in [2.45, 2.75) is 39.2 Å². The number of amides is 1. The number of nitrogens with two attached hydrogens (primary N) is 1. The van der Waals surface area contributed by atoms with Crippen LogP contribution in [-0.2, 0) is 13.0 Å². The molecule has 0 spiro atoms. The van der Waals surface area contributed by atoms with Crippen molar-refractivity contribution in [3.05, 3.63) is 53.4 Å². The number of aryl methyl sites for hydroxylation is 1. The summed E-state index contributed by atoms with van der Waals surface area (Å²) in [6.07, 6.45) is 5.78. The van der Waals surface area contributed by atoms with Crippen LogP contribution in [0, 0.1) is 12.8 Å². The number of carbonyl (C=O) groups is 1. The number of rotatable bonds is 5. The van der Waals surface area contributed by atoms with Gasteiger partial charge in [0.05, 0.1) is 5.69 Å². The summed E-state index contributed by atoms with van der Waals surface area (Å²) in [6, 6.07) is 7.93. The Kier molecular flexibility index (Phi) is 5.71. The van der Waals surface area contributed by atoms with E-state index in [2.05, 4.69) is 32.0 Å². The number of pyridine rings is 1. The van der Waals surface area contributed by atoms with Crippen molar-refractivity contribution in [3.8, 4) is 0 Å². The van der Waals surface area contributed by atoms with Gasteiger partial charge in [-0.1, -0.05) is 6.07 Å². The van der Waals surface area contributed by atoms with Crippen molar-refractivity contribution in [2.75, 3.05) is 13.1 Å². The fourth-order valence-electron chi connectivity index (χ4n) is 3.44. The number of hydrogen-bond donors (Lipinski definition) is 1. The van der Waals surface area contributed by atoms with Crippen LogP contribution in [0.1, 0.15) is 46.8 Å². The molecule has 0 saturated carbocycles. The minimum Gasteiger partial charge on any atom is -0.364 e. The zero-order valence-corrected chi connectivity index (χ0v) is 14.7. The van der Waals surface area contributed by atoms with E-state index in [0.29, 0.717) is 11.6 Å². The molecule has 1 aliphatic heterocycles. The quantitative estimate of drug-likeness (QED) is 0.902. The van der Waals surface area contributed by atoms with Gasteiger partial charge in [0.25, 0.3) is 5.91 Å². The first-order valence-electron chi connectivity index (χ1n) is 8.86. The van der Waals surface area contributed by atoms with Gasteiger partial charge in [0.15, 0.2) is 0 Å². The van der Waals surface area contributed by atoms with Gasteiger partial charge in [-0.05, 0) is 69.8 Å². The van der Waals surface area contributed by atoms with Crippen molar-refractivity contribution in [2.24, 2.45) is 11.7 Å². The highest BCUT2D eigenvalue weighted by atomic mass is 16.1. The normalized spacial score (nSPS) is 18.7. The molecule has 1 aliphatic rings. The van der Waals surface area contributed by atoms with Gasteiger partial charge in [-0.25, -0.2) is 9.97 Å². The third-order valence-electron chi connectivity index (χ3n) is 4.75. The summed E-state index contributed by atoms with van der Waals surface area (Å²) in [6.45, 7) is 5.11. The molecule has 3 rings (SSSR count). The molecule has 0 bridgehead atoms. The second kappa shape index (κ2) is 8.16. The molecule has 6 heteroatoms. The van der Waals surface area contributed by atoms with Gasteiger partial charge in [0, 0.05) is 17.9 Å². The summed E-state index contributed by atoms with van der Waals surface area (Å²) in [5, 5.41) is 0. The molecule has 2 N–H and O–H groups in total. The first kappa shape index (κ1) is 17.5. The molecule has 3 heterocycles. The first-order chi connectivity index (χ1) is 12.1. The molecule has 1 saturated heterocycles. The van der Waals surface area contributed by atoms with Crippen LogP contribution in [-0.4, -0.2) is 38.8 Å². The third kappa shape index (κ3) is 5.06. The zero-order valence-electron chi connectivity index (χ0n) is 14.7. The average Bonchev–Trinajstić information content (AvgIpc) is 2.80. The molecular formula is C19H25N5O. The van der Waals surface area contributed by atoms with E-state index in [-0.39, 0.29) is 0 Å². The SMILES string of the molecule is Cc1cccc(CN2CCC[C@H](Cc3cc(C(N)=O)ncn3)CC2)n1. The Morgan fingerprint density at radius 3 is 2.92 bits per heavy atom. The Bertz CT molecular complexity index is 733. The lowest BCUT2D eigenvalue weighted by Crippen LogP contribution is -2.25. The van der Waals surface area contributed by atoms with Crippen LogP contribution in [0.4, 0.5) is 0 Å². The zero-order chi connectivity index (χ0) is 17.6. The fourth-order valence-corrected chi connectivity index (χ4v) is 3.44. The summed E-state index contributed by atoms with van der Waals surface area (Å²) in [7, 11) is 0. The lowest BCUT2D eigenvalue weighted by molar-refractivity contribution is 0.0995. The number of likely N-dealkylation sites (tertiary alicyclic amines) is 1. The summed E-state index contributed by atoms with van der Waals surface area (Å²) in [5.41, 5.74) is 8.71. The van der Waals surface area contributed by atoms with Gasteiger partial charge in [0.1, 0.15) is 12.0 Å². The molecule has 1 atom stereocenters. The standard InChI is InChI=1S/C19H25N5O/c1-14-4-2-6-16(23-14)12-24-8-3-5-15(7-9-24)10-17-11-18(19(20)25)22-13-21-17/h2,4,6,11,13,15H,3,5,7-10,12H2,1H3,(H2,20,25)/t15-/m0/s1. The van der Waals surface area contributed by atoms with Crippen molar-refractivity contribution >= 4 is 5.91 Å². The van der Waals surface area contributed by atoms with E-state index in [1.54, 1.807) is 6.07 Å². The van der Waals surface area contributed by atoms with Crippen LogP contribution >= 0.6 is 0 Å². The smallest absolute Gasteiger partial charge is 0.267 e. The van der Waals surface area contributed by atoms with Crippen molar-refractivity contribution in [3.63, 3.8) is 0 Å². The summed E-state index contributed by atoms with van der Waals surface area (Å²) in [4.78, 5) is 26.6. The molecule has 6 nitrogen and oxygen atoms in total. The number of carbonyl (C=O) groups excluding carboxylic acids is 1. The molecule has 1 amide bonds. The van der Waals surface area contributed by atoms with Gasteiger partial charge >= 0.3 is 0 Å². The van der Waals surface area contributed by atoms with Gasteiger partial charge in [0.2, 0.25) is 0 Å². The van der Waals surface area contributed by atoms with Crippen LogP contribution < -0.4 is 5.73 Å². The van der Waals surface area contributed by atoms with Gasteiger partial charge in [-0.2, -0.15) is 0 Å². The van der Waals surface area contributed by atoms with Crippen LogP contribution in [0.5, 0.6) is 0 Å². The van der Waals surface area contributed by atoms with Gasteiger partial charge < -0.3 is 5.73 Å². The molecule has 0 aliphatic carbocycles. The molecule has 2 aromatic rings. The number of aromatic nitrogens is 3. The van der Waals surface area contributed by atoms with Crippen molar-refractivity contribution in [1.82, 2.24) is 19.9 Å². The summed E-state index contributed by atoms with van der Waals surface area (Å²) < 4.78 is 0. The Labute approximate surface area is 148 Å². The van der Waals surface area contributed by atoms with Crippen molar-refractivity contribution < 1.29 is 4.79 Å². The second-order valence-electron chi connectivity index (χ2n) is 6.81. The van der Waals surface area contributed by atoms with E-state index in [9.17, 15) is 4.79 Å². The largest absolute Gasteiger partial charge is 0.364 e. The number of hydrogen-bond acceptors (Lipinski definition) is 5. The highest BCUT2D eigenvalue weighted by Gasteiger charge is 2.19. The molecule has 1 fully saturated rings. The maximum Gasteiger partial charge on any atom is 0.267 e. The lowest BCUT2D eigenvalue weighted by Gasteiger charge is -2.20. The Hall–Kier alpha value is -2.34. The van der Waals surface area contributed by atoms with Crippen LogP contribution in [0.2, 0.25) is 0 Å². The Morgan fingerprint density at radius 1 is 1.24 bits per heavy atom. The van der Waals surface area contributed by atoms with Crippen LogP contribution in [0.15, 0.2) is 30.6 Å². The molecule has 0 unspecified atom stereocenters. The highest BCUT2D eigenvalue weighted by molar-refractivity contribution is 5.90. The van der Waals surface area contributed by atoms with Crippen molar-refractivity contribution in [1.29, 1.82) is 0 Å². The van der Waals surface area contributed by atoms with Crippen LogP contribution in [0.25, 0.3) is 0 Å². The van der Waals surface area contributed by atoms with E-state index in [0.717, 1.165) is 49.6 Å². The molecule has 2 aromatic heterocycles. The average molecular weight is 339 g/mol. The summed E-state index contributed by atoms with van der Waals surface area (Å²) in [5.74, 6) is 0.0763. The predicted octanol–water partition coefficient (Wildman–Crippen LogP) is 2.12. The third-order valence-corrected chi connectivity index (χ3v) is 4.75. The second-order valence-corrected chi connectivity index (χ2v) is 6.81. The lowest BCUT2D eigenvalue weighted by atomic mass is 9.95. The highest BCUT2D eigenvalue weighted by Crippen LogP contribution is 2.22. The number of primary amides is 1. The Morgan fingerprint density at radius 2 is 2.12 bits per heavy atom. The molecule has 0 aromatic carbocycles.